The summed E-state index contributed by atoms with van der Waals surface area (Å²) < 4.78 is 13.0. The molecule has 3 aromatic rings. The molecule has 2 aromatic carbocycles. The second kappa shape index (κ2) is 7.58. The summed E-state index contributed by atoms with van der Waals surface area (Å²) in [5.41, 5.74) is 2.05. The van der Waals surface area contributed by atoms with E-state index in [9.17, 15) is 19.2 Å². The van der Waals surface area contributed by atoms with Gasteiger partial charge in [-0.05, 0) is 17.7 Å². The normalized spacial score (nSPS) is 15.9. The molecule has 5 rings (SSSR count). The van der Waals surface area contributed by atoms with Crippen molar-refractivity contribution in [1.29, 1.82) is 0 Å². The number of nitrogens with one attached hydrogen (secondary N) is 1. The maximum Gasteiger partial charge on any atom is 0.332 e. The van der Waals surface area contributed by atoms with Gasteiger partial charge >= 0.3 is 11.7 Å². The number of esters is 1. The number of hydrogen-bond donors (Lipinski definition) is 1. The highest BCUT2D eigenvalue weighted by atomic mass is 16.6. The largest absolute Gasteiger partial charge is 0.493 e. The Hall–Kier alpha value is -4.40. The average molecular weight is 459 g/mol. The van der Waals surface area contributed by atoms with Crippen LogP contribution in [-0.4, -0.2) is 28.0 Å². The van der Waals surface area contributed by atoms with Crippen molar-refractivity contribution < 1.29 is 19.1 Å². The summed E-state index contributed by atoms with van der Waals surface area (Å²) in [5.74, 6) is -0.668. The monoisotopic (exact) mass is 459 g/mol. The highest BCUT2D eigenvalue weighted by Crippen LogP contribution is 2.48. The zero-order valence-electron chi connectivity index (χ0n) is 19.0. The number of Topliss-reactive ketones (excluding diaryl/α,β-unsaturated/α-hetero) is 1. The molecule has 0 radical (unpaired) electrons. The lowest BCUT2D eigenvalue weighted by Crippen LogP contribution is -2.42. The maximum absolute atomic E-state index is 13.6. The van der Waals surface area contributed by atoms with Gasteiger partial charge in [0.15, 0.2) is 17.3 Å². The standard InChI is InChI=1S/C25H21N3O6/c1-12(29)34-16-10-9-13(11-17(16)33-4)18-19-21(14-7-5-6-8-15(14)22(19)30)26-23-20(18)24(31)28(3)25(32)27(23)2/h5-11,18,26H,1-4H3/t18-/m0/s1. The van der Waals surface area contributed by atoms with E-state index in [4.69, 9.17) is 9.47 Å². The topological polar surface area (TPSA) is 109 Å². The number of nitrogens with zero attached hydrogens (tertiary/aromatic N) is 2. The number of allylic oxidation sites excluding steroid dienone is 1. The Bertz CT molecular complexity index is 1560. The van der Waals surface area contributed by atoms with E-state index in [2.05, 4.69) is 5.32 Å². The smallest absolute Gasteiger partial charge is 0.332 e. The van der Waals surface area contributed by atoms with Gasteiger partial charge in [0, 0.05) is 43.6 Å². The number of carbonyl (C=O) groups is 2. The highest BCUT2D eigenvalue weighted by Gasteiger charge is 2.42. The molecule has 0 amide bonds. The highest BCUT2D eigenvalue weighted by molar-refractivity contribution is 6.23. The van der Waals surface area contributed by atoms with Gasteiger partial charge in [0.25, 0.3) is 5.56 Å². The summed E-state index contributed by atoms with van der Waals surface area (Å²) in [6.45, 7) is 1.28. The van der Waals surface area contributed by atoms with Crippen LogP contribution in [-0.2, 0) is 18.9 Å². The van der Waals surface area contributed by atoms with Crippen LogP contribution in [0, 0.1) is 0 Å². The first-order valence-corrected chi connectivity index (χ1v) is 10.6. The van der Waals surface area contributed by atoms with Gasteiger partial charge in [-0.3, -0.25) is 23.5 Å². The van der Waals surface area contributed by atoms with Crippen LogP contribution in [0.25, 0.3) is 5.70 Å². The molecule has 0 spiro atoms. The van der Waals surface area contributed by atoms with Gasteiger partial charge in [-0.25, -0.2) is 4.79 Å². The van der Waals surface area contributed by atoms with Gasteiger partial charge in [-0.2, -0.15) is 0 Å². The number of fused-ring (bicyclic) bond motifs is 3. The molecule has 34 heavy (non-hydrogen) atoms. The van der Waals surface area contributed by atoms with Gasteiger partial charge < -0.3 is 14.8 Å². The van der Waals surface area contributed by atoms with Crippen molar-refractivity contribution in [2.45, 2.75) is 12.8 Å². The van der Waals surface area contributed by atoms with Crippen molar-refractivity contribution in [2.24, 2.45) is 14.1 Å². The van der Waals surface area contributed by atoms with Crippen molar-refractivity contribution in [3.05, 3.63) is 91.1 Å². The van der Waals surface area contributed by atoms with Crippen LogP contribution in [0.1, 0.15) is 39.9 Å². The van der Waals surface area contributed by atoms with Crippen LogP contribution >= 0.6 is 0 Å². The Morgan fingerprint density at radius 3 is 2.35 bits per heavy atom. The number of ether oxygens (including phenoxy) is 2. The molecule has 9 nitrogen and oxygen atoms in total. The predicted octanol–water partition coefficient (Wildman–Crippen LogP) is 2.18. The summed E-state index contributed by atoms with van der Waals surface area (Å²) in [7, 11) is 4.41. The maximum atomic E-state index is 13.6. The number of ketones is 1. The number of aromatic nitrogens is 2. The number of carbonyl (C=O) groups excluding carboxylic acids is 2. The van der Waals surface area contributed by atoms with Crippen LogP contribution in [0.5, 0.6) is 11.5 Å². The van der Waals surface area contributed by atoms with E-state index < -0.39 is 23.1 Å². The van der Waals surface area contributed by atoms with Gasteiger partial charge in [0.2, 0.25) is 0 Å². The summed E-state index contributed by atoms with van der Waals surface area (Å²) in [4.78, 5) is 51.1. The fourth-order valence-electron chi connectivity index (χ4n) is 4.69. The van der Waals surface area contributed by atoms with Gasteiger partial charge in [0.05, 0.1) is 18.4 Å². The van der Waals surface area contributed by atoms with E-state index in [-0.39, 0.29) is 22.8 Å². The van der Waals surface area contributed by atoms with E-state index >= 15 is 0 Å². The van der Waals surface area contributed by atoms with Crippen molar-refractivity contribution >= 4 is 23.3 Å². The first kappa shape index (κ1) is 21.4. The summed E-state index contributed by atoms with van der Waals surface area (Å²) in [6, 6.07) is 12.1. The van der Waals surface area contributed by atoms with Crippen LogP contribution in [0.4, 0.5) is 5.82 Å². The van der Waals surface area contributed by atoms with Crippen molar-refractivity contribution in [3.8, 4) is 11.5 Å². The zero-order chi connectivity index (χ0) is 24.3. The van der Waals surface area contributed by atoms with Crippen molar-refractivity contribution in [1.82, 2.24) is 9.13 Å². The lowest BCUT2D eigenvalue weighted by molar-refractivity contribution is -0.132. The van der Waals surface area contributed by atoms with E-state index in [1.165, 1.54) is 25.6 Å². The molecule has 9 heteroatoms. The first-order chi connectivity index (χ1) is 16.2. The Labute approximate surface area is 193 Å². The molecular weight excluding hydrogens is 438 g/mol. The van der Waals surface area contributed by atoms with Crippen molar-refractivity contribution in [2.75, 3.05) is 12.4 Å². The lowest BCUT2D eigenvalue weighted by atomic mass is 9.81. The number of rotatable bonds is 3. The van der Waals surface area contributed by atoms with Crippen LogP contribution in [0.15, 0.2) is 57.6 Å². The number of methoxy groups -OCH3 is 1. The number of hydrogen-bond acceptors (Lipinski definition) is 7. The lowest BCUT2D eigenvalue weighted by Gasteiger charge is -2.30. The summed E-state index contributed by atoms with van der Waals surface area (Å²) in [5, 5.41) is 3.20. The third kappa shape index (κ3) is 2.93. The van der Waals surface area contributed by atoms with E-state index in [0.29, 0.717) is 33.8 Å². The predicted molar refractivity (Wildman–Crippen MR) is 124 cm³/mol. The van der Waals surface area contributed by atoms with Gasteiger partial charge in [-0.1, -0.05) is 30.3 Å². The Morgan fingerprint density at radius 1 is 0.971 bits per heavy atom. The fourth-order valence-corrected chi connectivity index (χ4v) is 4.69. The molecule has 172 valence electrons. The molecule has 1 atom stereocenters. The second-order valence-corrected chi connectivity index (χ2v) is 8.19. The average Bonchev–Trinajstić information content (AvgIpc) is 3.12. The minimum Gasteiger partial charge on any atom is -0.493 e. The number of benzene rings is 2. The summed E-state index contributed by atoms with van der Waals surface area (Å²) >= 11 is 0. The van der Waals surface area contributed by atoms with Crippen LogP contribution in [0.3, 0.4) is 0 Å². The molecule has 1 aliphatic heterocycles. The molecule has 2 aliphatic rings. The van der Waals surface area contributed by atoms with E-state index in [1.807, 2.05) is 12.1 Å². The van der Waals surface area contributed by atoms with Crippen molar-refractivity contribution in [3.63, 3.8) is 0 Å². The molecule has 0 unspecified atom stereocenters. The molecule has 1 aromatic heterocycles. The number of anilines is 1. The third-order valence-electron chi connectivity index (χ3n) is 6.25. The van der Waals surface area contributed by atoms with Gasteiger partial charge in [0.1, 0.15) is 5.82 Å². The molecule has 0 saturated carbocycles. The molecule has 0 saturated heterocycles. The SMILES string of the molecule is COc1cc([C@H]2C3=C(Nc4c2c(=O)n(C)c(=O)n4C)c2ccccc2C3=O)ccc1OC(C)=O. The zero-order valence-corrected chi connectivity index (χ0v) is 19.0. The molecule has 0 fully saturated rings. The van der Waals surface area contributed by atoms with E-state index in [0.717, 1.165) is 4.57 Å². The van der Waals surface area contributed by atoms with Crippen LogP contribution in [0.2, 0.25) is 0 Å². The minimum absolute atomic E-state index is 0.201. The Kier molecular flexibility index (Phi) is 4.78. The molecular formula is C25H21N3O6. The van der Waals surface area contributed by atoms with E-state index in [1.54, 1.807) is 37.4 Å². The minimum atomic E-state index is -0.781. The fraction of sp³-hybridized carbons (Fsp3) is 0.200. The Balaban J connectivity index is 1.83. The second-order valence-electron chi connectivity index (χ2n) is 8.19. The third-order valence-corrected chi connectivity index (χ3v) is 6.25. The van der Waals surface area contributed by atoms with Gasteiger partial charge in [-0.15, -0.1) is 0 Å². The molecule has 1 aliphatic carbocycles. The quantitative estimate of drug-likeness (QED) is 0.472. The van der Waals surface area contributed by atoms with Crippen LogP contribution < -0.4 is 26.0 Å². The molecule has 1 N–H and O–H groups in total. The Morgan fingerprint density at radius 2 is 1.68 bits per heavy atom. The molecule has 2 heterocycles. The molecule has 0 bridgehead atoms. The summed E-state index contributed by atoms with van der Waals surface area (Å²) in [6.07, 6.45) is 0. The first-order valence-electron chi connectivity index (χ1n) is 10.6.